The maximum Gasteiger partial charge on any atom is 0.283 e. The number of carbonyl (C=O) groups is 1. The van der Waals surface area contributed by atoms with Crippen LogP contribution in [-0.4, -0.2) is 36.6 Å². The highest BCUT2D eigenvalue weighted by molar-refractivity contribution is 9.10. The van der Waals surface area contributed by atoms with Crippen LogP contribution in [0.25, 0.3) is 0 Å². The maximum atomic E-state index is 11.8. The molecule has 2 rings (SSSR count). The number of amides is 1. The first kappa shape index (κ1) is 14.9. The molecule has 0 spiro atoms. The number of anilines is 1. The molecule has 0 aromatic heterocycles. The van der Waals surface area contributed by atoms with Gasteiger partial charge in [-0.15, -0.1) is 0 Å². The number of benzene rings is 1. The van der Waals surface area contributed by atoms with E-state index < -0.39 is 4.92 Å². The first-order valence-corrected chi connectivity index (χ1v) is 6.91. The fraction of sp³-hybridized carbons (Fsp3) is 0.417. The normalized spacial score (nSPS) is 18.6. The summed E-state index contributed by atoms with van der Waals surface area (Å²) in [5, 5.41) is 16.5. The van der Waals surface area contributed by atoms with Gasteiger partial charge in [-0.25, -0.2) is 0 Å². The van der Waals surface area contributed by atoms with Crippen LogP contribution in [0.1, 0.15) is 6.42 Å². The van der Waals surface area contributed by atoms with Crippen LogP contribution in [0.2, 0.25) is 0 Å². The van der Waals surface area contributed by atoms with Crippen LogP contribution in [0.4, 0.5) is 11.4 Å². The van der Waals surface area contributed by atoms with Gasteiger partial charge in [0, 0.05) is 24.8 Å². The summed E-state index contributed by atoms with van der Waals surface area (Å²) in [6.45, 7) is 2.05. The van der Waals surface area contributed by atoms with Gasteiger partial charge in [-0.2, -0.15) is 0 Å². The number of rotatable bonds is 4. The zero-order chi connectivity index (χ0) is 14.5. The second-order valence-corrected chi connectivity index (χ2v) is 5.23. The molecule has 1 atom stereocenters. The van der Waals surface area contributed by atoms with Gasteiger partial charge in [-0.1, -0.05) is 0 Å². The molecular formula is C12H14BrN3O4. The fourth-order valence-corrected chi connectivity index (χ4v) is 2.43. The lowest BCUT2D eigenvalue weighted by Gasteiger charge is -2.23. The van der Waals surface area contributed by atoms with Crippen LogP contribution in [0.15, 0.2) is 22.7 Å². The van der Waals surface area contributed by atoms with Crippen LogP contribution in [0, 0.1) is 10.1 Å². The van der Waals surface area contributed by atoms with Crippen molar-refractivity contribution in [1.29, 1.82) is 0 Å². The van der Waals surface area contributed by atoms with E-state index in [1.54, 1.807) is 0 Å². The quantitative estimate of drug-likeness (QED) is 0.640. The zero-order valence-electron chi connectivity index (χ0n) is 10.6. The molecule has 1 aromatic rings. The monoisotopic (exact) mass is 343 g/mol. The van der Waals surface area contributed by atoms with Gasteiger partial charge in [0.15, 0.2) is 0 Å². The summed E-state index contributed by atoms with van der Waals surface area (Å²) < 4.78 is 5.77. The number of ether oxygens (including phenoxy) is 1. The minimum Gasteiger partial charge on any atom is -0.375 e. The van der Waals surface area contributed by atoms with Crippen molar-refractivity contribution in [1.82, 2.24) is 5.32 Å². The van der Waals surface area contributed by atoms with Crippen molar-refractivity contribution in [3.8, 4) is 0 Å². The Morgan fingerprint density at radius 1 is 1.60 bits per heavy atom. The van der Waals surface area contributed by atoms with Crippen LogP contribution in [0.3, 0.4) is 0 Å². The minimum atomic E-state index is -0.489. The average Bonchev–Trinajstić information content (AvgIpc) is 2.39. The smallest absolute Gasteiger partial charge is 0.283 e. The lowest BCUT2D eigenvalue weighted by molar-refractivity contribution is -0.385. The number of hydrogen-bond acceptors (Lipinski definition) is 5. The van der Waals surface area contributed by atoms with Crippen molar-refractivity contribution in [2.45, 2.75) is 12.5 Å². The third-order valence-corrected chi connectivity index (χ3v) is 3.48. The number of carbonyl (C=O) groups excluding carboxylic acids is 1. The Kier molecular flexibility index (Phi) is 5.05. The molecular weight excluding hydrogens is 330 g/mol. The van der Waals surface area contributed by atoms with E-state index in [-0.39, 0.29) is 24.1 Å². The van der Waals surface area contributed by atoms with E-state index in [4.69, 9.17) is 4.74 Å². The van der Waals surface area contributed by atoms with E-state index in [2.05, 4.69) is 26.6 Å². The number of hydrogen-bond donors (Lipinski definition) is 2. The third-order valence-electron chi connectivity index (χ3n) is 2.85. The van der Waals surface area contributed by atoms with Crippen molar-refractivity contribution in [3.05, 3.63) is 32.8 Å². The molecule has 1 fully saturated rings. The molecule has 7 nitrogen and oxygen atoms in total. The summed E-state index contributed by atoms with van der Waals surface area (Å²) in [4.78, 5) is 22.0. The summed E-state index contributed by atoms with van der Waals surface area (Å²) in [6, 6.07) is 4.36. The summed E-state index contributed by atoms with van der Waals surface area (Å²) in [5.74, 6) is -0.181. The second kappa shape index (κ2) is 6.78. The molecule has 2 N–H and O–H groups in total. The van der Waals surface area contributed by atoms with Gasteiger partial charge in [-0.05, 0) is 28.1 Å². The predicted molar refractivity (Wildman–Crippen MR) is 76.7 cm³/mol. The number of nitro benzene ring substituents is 1. The van der Waals surface area contributed by atoms with Crippen LogP contribution >= 0.6 is 15.9 Å². The highest BCUT2D eigenvalue weighted by Gasteiger charge is 2.18. The largest absolute Gasteiger partial charge is 0.375 e. The van der Waals surface area contributed by atoms with Gasteiger partial charge in [0.2, 0.25) is 5.91 Å². The highest BCUT2D eigenvalue weighted by atomic mass is 79.9. The number of halogens is 1. The van der Waals surface area contributed by atoms with E-state index in [0.717, 1.165) is 6.54 Å². The molecule has 1 aromatic carbocycles. The van der Waals surface area contributed by atoms with E-state index >= 15 is 0 Å². The molecule has 1 saturated heterocycles. The first-order chi connectivity index (χ1) is 9.56. The Morgan fingerprint density at radius 3 is 3.00 bits per heavy atom. The Labute approximate surface area is 124 Å². The minimum absolute atomic E-state index is 0.0391. The predicted octanol–water partition coefficient (Wildman–Crippen LogP) is 1.67. The zero-order valence-corrected chi connectivity index (χ0v) is 12.2. The van der Waals surface area contributed by atoms with Gasteiger partial charge < -0.3 is 15.4 Å². The summed E-state index contributed by atoms with van der Waals surface area (Å²) in [5.41, 5.74) is 0.471. The SMILES string of the molecule is O=C(CC1CNCCO1)Nc1ccc([N+](=O)[O-])c(Br)c1. The Balaban J connectivity index is 1.93. The van der Waals surface area contributed by atoms with Gasteiger partial charge in [0.1, 0.15) is 0 Å². The molecule has 1 unspecified atom stereocenters. The van der Waals surface area contributed by atoms with Gasteiger partial charge in [0.25, 0.3) is 5.69 Å². The summed E-state index contributed by atoms with van der Waals surface area (Å²) in [6.07, 6.45) is 0.118. The summed E-state index contributed by atoms with van der Waals surface area (Å²) in [7, 11) is 0. The molecule has 0 bridgehead atoms. The van der Waals surface area contributed by atoms with Crippen molar-refractivity contribution < 1.29 is 14.5 Å². The standard InChI is InChI=1S/C12H14BrN3O4/c13-10-5-8(1-2-11(10)16(18)19)15-12(17)6-9-7-14-3-4-20-9/h1-2,5,9,14H,3-4,6-7H2,(H,15,17). The van der Waals surface area contributed by atoms with Crippen LogP contribution in [0.5, 0.6) is 0 Å². The van der Waals surface area contributed by atoms with Crippen molar-refractivity contribution in [2.24, 2.45) is 0 Å². The van der Waals surface area contributed by atoms with E-state index in [9.17, 15) is 14.9 Å². The Hall–Kier alpha value is -1.51. The van der Waals surface area contributed by atoms with Crippen molar-refractivity contribution in [2.75, 3.05) is 25.0 Å². The van der Waals surface area contributed by atoms with Crippen molar-refractivity contribution in [3.63, 3.8) is 0 Å². The molecule has 1 aliphatic rings. The number of nitro groups is 1. The molecule has 8 heteroatoms. The molecule has 1 aliphatic heterocycles. The molecule has 1 heterocycles. The summed E-state index contributed by atoms with van der Waals surface area (Å²) >= 11 is 3.11. The lowest BCUT2D eigenvalue weighted by atomic mass is 10.2. The number of nitrogens with zero attached hydrogens (tertiary/aromatic N) is 1. The van der Waals surface area contributed by atoms with E-state index in [0.29, 0.717) is 23.3 Å². The fourth-order valence-electron chi connectivity index (χ4n) is 1.90. The van der Waals surface area contributed by atoms with E-state index in [1.165, 1.54) is 18.2 Å². The molecule has 108 valence electrons. The maximum absolute atomic E-state index is 11.8. The van der Waals surface area contributed by atoms with E-state index in [1.807, 2.05) is 0 Å². The topological polar surface area (TPSA) is 93.5 Å². The molecule has 0 aliphatic carbocycles. The van der Waals surface area contributed by atoms with Crippen LogP contribution < -0.4 is 10.6 Å². The average molecular weight is 344 g/mol. The Morgan fingerprint density at radius 2 is 2.40 bits per heavy atom. The van der Waals surface area contributed by atoms with Crippen molar-refractivity contribution >= 4 is 33.2 Å². The molecule has 0 radical (unpaired) electrons. The van der Waals surface area contributed by atoms with Gasteiger partial charge >= 0.3 is 0 Å². The lowest BCUT2D eigenvalue weighted by Crippen LogP contribution is -2.40. The first-order valence-electron chi connectivity index (χ1n) is 6.12. The molecule has 1 amide bonds. The number of morpholine rings is 1. The molecule has 0 saturated carbocycles. The molecule has 20 heavy (non-hydrogen) atoms. The number of nitrogens with one attached hydrogen (secondary N) is 2. The van der Waals surface area contributed by atoms with Crippen LogP contribution in [-0.2, 0) is 9.53 Å². The third kappa shape index (κ3) is 3.99. The highest BCUT2D eigenvalue weighted by Crippen LogP contribution is 2.27. The van der Waals surface area contributed by atoms with Gasteiger partial charge in [0.05, 0.1) is 28.5 Å². The second-order valence-electron chi connectivity index (χ2n) is 4.37. The Bertz CT molecular complexity index is 517. The van der Waals surface area contributed by atoms with Gasteiger partial charge in [-0.3, -0.25) is 14.9 Å².